The van der Waals surface area contributed by atoms with Crippen LogP contribution in [0.4, 0.5) is 0 Å². The molecule has 0 fully saturated rings. The highest BCUT2D eigenvalue weighted by atomic mass is 79.9. The maximum Gasteiger partial charge on any atom is 0.336 e. The van der Waals surface area contributed by atoms with Crippen LogP contribution in [-0.2, 0) is 5.75 Å². The number of thioether (sulfide) groups is 1. The number of halogens is 1. The van der Waals surface area contributed by atoms with Gasteiger partial charge in [-0.25, -0.2) is 4.79 Å². The van der Waals surface area contributed by atoms with Gasteiger partial charge in [-0.2, -0.15) is 0 Å². The Hall–Kier alpha value is -1.20. The second-order valence-corrected chi connectivity index (χ2v) is 5.65. The number of carboxylic acids is 1. The SMILES string of the molecule is Cc1ccc(CSc2ccc(Br)c(C(=O)O)c2)o1. The molecule has 0 unspecified atom stereocenters. The van der Waals surface area contributed by atoms with Gasteiger partial charge < -0.3 is 9.52 Å². The van der Waals surface area contributed by atoms with E-state index in [1.807, 2.05) is 25.1 Å². The fourth-order valence-corrected chi connectivity index (χ4v) is 2.72. The number of hydrogen-bond acceptors (Lipinski definition) is 3. The van der Waals surface area contributed by atoms with Gasteiger partial charge in [-0.3, -0.25) is 0 Å². The number of aromatic carboxylic acids is 1. The lowest BCUT2D eigenvalue weighted by Gasteiger charge is -2.03. The molecule has 1 heterocycles. The van der Waals surface area contributed by atoms with E-state index in [2.05, 4.69) is 15.9 Å². The summed E-state index contributed by atoms with van der Waals surface area (Å²) in [5.41, 5.74) is 0.274. The van der Waals surface area contributed by atoms with Crippen LogP contribution in [0.5, 0.6) is 0 Å². The van der Waals surface area contributed by atoms with Crippen LogP contribution in [0.1, 0.15) is 21.9 Å². The Bertz CT molecular complexity index is 577. The van der Waals surface area contributed by atoms with Gasteiger partial charge in [0.1, 0.15) is 11.5 Å². The second kappa shape index (κ2) is 5.63. The number of carboxylic acid groups (broad SMARTS) is 1. The van der Waals surface area contributed by atoms with Gasteiger partial charge in [0, 0.05) is 9.37 Å². The van der Waals surface area contributed by atoms with Crippen LogP contribution >= 0.6 is 27.7 Å². The van der Waals surface area contributed by atoms with E-state index < -0.39 is 5.97 Å². The molecule has 1 aromatic heterocycles. The van der Waals surface area contributed by atoms with Gasteiger partial charge in [0.25, 0.3) is 0 Å². The van der Waals surface area contributed by atoms with Crippen LogP contribution in [0.25, 0.3) is 0 Å². The minimum Gasteiger partial charge on any atom is -0.478 e. The Morgan fingerprint density at radius 2 is 2.17 bits per heavy atom. The van der Waals surface area contributed by atoms with E-state index in [-0.39, 0.29) is 5.56 Å². The molecular formula is C13H11BrO3S. The minimum absolute atomic E-state index is 0.274. The van der Waals surface area contributed by atoms with E-state index >= 15 is 0 Å². The molecule has 0 radical (unpaired) electrons. The molecule has 3 nitrogen and oxygen atoms in total. The predicted molar refractivity (Wildman–Crippen MR) is 74.1 cm³/mol. The summed E-state index contributed by atoms with van der Waals surface area (Å²) in [6.45, 7) is 1.90. The van der Waals surface area contributed by atoms with Crippen molar-refractivity contribution in [3.63, 3.8) is 0 Å². The summed E-state index contributed by atoms with van der Waals surface area (Å²) in [6, 6.07) is 9.14. The largest absolute Gasteiger partial charge is 0.478 e. The van der Waals surface area contributed by atoms with Crippen molar-refractivity contribution >= 4 is 33.7 Å². The Labute approximate surface area is 117 Å². The van der Waals surface area contributed by atoms with E-state index in [1.165, 1.54) is 0 Å². The quantitative estimate of drug-likeness (QED) is 0.849. The molecule has 1 aromatic carbocycles. The summed E-state index contributed by atoms with van der Waals surface area (Å²) in [6.07, 6.45) is 0. The third-order valence-corrected chi connectivity index (χ3v) is 4.05. The molecule has 0 saturated heterocycles. The average molecular weight is 327 g/mol. The van der Waals surface area contributed by atoms with E-state index in [4.69, 9.17) is 9.52 Å². The topological polar surface area (TPSA) is 50.4 Å². The van der Waals surface area contributed by atoms with Crippen molar-refractivity contribution in [2.75, 3.05) is 0 Å². The molecule has 0 atom stereocenters. The monoisotopic (exact) mass is 326 g/mol. The molecule has 94 valence electrons. The Morgan fingerprint density at radius 1 is 1.39 bits per heavy atom. The normalized spacial score (nSPS) is 10.6. The molecule has 1 N–H and O–H groups in total. The first kappa shape index (κ1) is 13.2. The Morgan fingerprint density at radius 3 is 2.78 bits per heavy atom. The number of aryl methyl sites for hydroxylation is 1. The van der Waals surface area contributed by atoms with Crippen molar-refractivity contribution < 1.29 is 14.3 Å². The Kier molecular flexibility index (Phi) is 4.14. The zero-order valence-electron chi connectivity index (χ0n) is 9.64. The summed E-state index contributed by atoms with van der Waals surface area (Å²) in [4.78, 5) is 11.9. The van der Waals surface area contributed by atoms with Crippen LogP contribution in [-0.4, -0.2) is 11.1 Å². The molecule has 0 aliphatic carbocycles. The third kappa shape index (κ3) is 3.17. The van der Waals surface area contributed by atoms with Crippen LogP contribution < -0.4 is 0 Å². The maximum absolute atomic E-state index is 11.0. The average Bonchev–Trinajstić information content (AvgIpc) is 2.74. The first-order valence-electron chi connectivity index (χ1n) is 5.27. The summed E-state index contributed by atoms with van der Waals surface area (Å²) >= 11 is 4.77. The van der Waals surface area contributed by atoms with Crippen molar-refractivity contribution in [1.82, 2.24) is 0 Å². The summed E-state index contributed by atoms with van der Waals surface area (Å²) in [5.74, 6) is 1.53. The third-order valence-electron chi connectivity index (χ3n) is 2.35. The number of hydrogen-bond donors (Lipinski definition) is 1. The van der Waals surface area contributed by atoms with E-state index in [0.717, 1.165) is 16.4 Å². The van der Waals surface area contributed by atoms with E-state index in [9.17, 15) is 4.79 Å². The highest BCUT2D eigenvalue weighted by Gasteiger charge is 2.09. The molecule has 0 bridgehead atoms. The van der Waals surface area contributed by atoms with Crippen molar-refractivity contribution in [2.24, 2.45) is 0 Å². The zero-order valence-corrected chi connectivity index (χ0v) is 12.0. The lowest BCUT2D eigenvalue weighted by atomic mass is 10.2. The number of benzene rings is 1. The fraction of sp³-hybridized carbons (Fsp3) is 0.154. The molecule has 0 aliphatic heterocycles. The van der Waals surface area contributed by atoms with Crippen LogP contribution in [0.15, 0.2) is 44.1 Å². The second-order valence-electron chi connectivity index (χ2n) is 3.75. The highest BCUT2D eigenvalue weighted by molar-refractivity contribution is 9.10. The lowest BCUT2D eigenvalue weighted by Crippen LogP contribution is -1.97. The molecule has 18 heavy (non-hydrogen) atoms. The number of rotatable bonds is 4. The standard InChI is InChI=1S/C13H11BrO3S/c1-8-2-3-9(17-8)7-18-10-4-5-12(14)11(6-10)13(15)16/h2-6H,7H2,1H3,(H,15,16). The molecule has 2 aromatic rings. The van der Waals surface area contributed by atoms with Gasteiger partial charge in [0.15, 0.2) is 0 Å². The number of furan rings is 1. The molecule has 2 rings (SSSR count). The molecule has 0 spiro atoms. The smallest absolute Gasteiger partial charge is 0.336 e. The predicted octanol–water partition coefficient (Wildman–Crippen LogP) is 4.34. The van der Waals surface area contributed by atoms with Crippen molar-refractivity contribution in [2.45, 2.75) is 17.6 Å². The van der Waals surface area contributed by atoms with Crippen LogP contribution in [0, 0.1) is 6.92 Å². The van der Waals surface area contributed by atoms with E-state index in [1.54, 1.807) is 23.9 Å². The fourth-order valence-electron chi connectivity index (χ4n) is 1.48. The molecular weight excluding hydrogens is 316 g/mol. The highest BCUT2D eigenvalue weighted by Crippen LogP contribution is 2.27. The van der Waals surface area contributed by atoms with Gasteiger partial charge >= 0.3 is 5.97 Å². The first-order chi connectivity index (χ1) is 8.56. The van der Waals surface area contributed by atoms with Crippen LogP contribution in [0.2, 0.25) is 0 Å². The molecule has 0 aliphatic rings. The molecule has 5 heteroatoms. The van der Waals surface area contributed by atoms with Gasteiger partial charge in [-0.1, -0.05) is 0 Å². The van der Waals surface area contributed by atoms with Crippen molar-refractivity contribution in [3.8, 4) is 0 Å². The molecule has 0 amide bonds. The van der Waals surface area contributed by atoms with Gasteiger partial charge in [-0.05, 0) is 53.2 Å². The summed E-state index contributed by atoms with van der Waals surface area (Å²) in [7, 11) is 0. The van der Waals surface area contributed by atoms with Gasteiger partial charge in [-0.15, -0.1) is 11.8 Å². The summed E-state index contributed by atoms with van der Waals surface area (Å²) < 4.78 is 6.05. The first-order valence-corrected chi connectivity index (χ1v) is 7.05. The summed E-state index contributed by atoms with van der Waals surface area (Å²) in [5, 5.41) is 9.02. The minimum atomic E-state index is -0.932. The lowest BCUT2D eigenvalue weighted by molar-refractivity contribution is 0.0695. The maximum atomic E-state index is 11.0. The van der Waals surface area contributed by atoms with Crippen molar-refractivity contribution in [1.29, 1.82) is 0 Å². The number of carbonyl (C=O) groups is 1. The van der Waals surface area contributed by atoms with Crippen molar-refractivity contribution in [3.05, 3.63) is 51.9 Å². The van der Waals surface area contributed by atoms with E-state index in [0.29, 0.717) is 10.2 Å². The molecule has 0 saturated carbocycles. The van der Waals surface area contributed by atoms with Gasteiger partial charge in [0.05, 0.1) is 11.3 Å². The Balaban J connectivity index is 2.10. The van der Waals surface area contributed by atoms with Crippen LogP contribution in [0.3, 0.4) is 0 Å². The van der Waals surface area contributed by atoms with Gasteiger partial charge in [0.2, 0.25) is 0 Å². The zero-order chi connectivity index (χ0) is 13.1.